The lowest BCUT2D eigenvalue weighted by molar-refractivity contribution is 0.178. The first kappa shape index (κ1) is 13.5. The van der Waals surface area contributed by atoms with Gasteiger partial charge in [-0.3, -0.25) is 4.98 Å². The minimum Gasteiger partial charge on any atom is -0.388 e. The second kappa shape index (κ2) is 5.83. The topological polar surface area (TPSA) is 33.1 Å². The lowest BCUT2D eigenvalue weighted by atomic mass is 10.0. The van der Waals surface area contributed by atoms with Crippen molar-refractivity contribution in [2.75, 3.05) is 0 Å². The SMILES string of the molecule is Cc1ccc(C(O)Cc2cncc(Br)c2)c(Cl)c1. The molecule has 1 aromatic carbocycles. The quantitative estimate of drug-likeness (QED) is 0.922. The average Bonchev–Trinajstić information content (AvgIpc) is 2.28. The first-order valence-corrected chi connectivity index (χ1v) is 6.77. The zero-order chi connectivity index (χ0) is 13.1. The van der Waals surface area contributed by atoms with Gasteiger partial charge in [0, 0.05) is 28.3 Å². The van der Waals surface area contributed by atoms with Gasteiger partial charge in [-0.05, 0) is 51.7 Å². The lowest BCUT2D eigenvalue weighted by Crippen LogP contribution is -2.03. The van der Waals surface area contributed by atoms with Gasteiger partial charge in [-0.15, -0.1) is 0 Å². The minimum absolute atomic E-state index is 0.495. The van der Waals surface area contributed by atoms with Crippen LogP contribution in [0.1, 0.15) is 22.8 Å². The van der Waals surface area contributed by atoms with Crippen LogP contribution in [0.5, 0.6) is 0 Å². The third kappa shape index (κ3) is 3.31. The zero-order valence-corrected chi connectivity index (χ0v) is 12.2. The maximum Gasteiger partial charge on any atom is 0.0845 e. The summed E-state index contributed by atoms with van der Waals surface area (Å²) < 4.78 is 0.905. The van der Waals surface area contributed by atoms with Gasteiger partial charge < -0.3 is 5.11 Å². The highest BCUT2D eigenvalue weighted by molar-refractivity contribution is 9.10. The number of rotatable bonds is 3. The monoisotopic (exact) mass is 325 g/mol. The molecule has 0 aliphatic rings. The summed E-state index contributed by atoms with van der Waals surface area (Å²) in [6, 6.07) is 7.62. The fourth-order valence-corrected chi connectivity index (χ4v) is 2.58. The Morgan fingerprint density at radius 2 is 2.11 bits per heavy atom. The number of aromatic nitrogens is 1. The molecule has 2 aromatic rings. The Balaban J connectivity index is 2.19. The van der Waals surface area contributed by atoms with Crippen molar-refractivity contribution in [1.82, 2.24) is 4.98 Å². The third-order valence-electron chi connectivity index (χ3n) is 2.71. The van der Waals surface area contributed by atoms with E-state index in [0.717, 1.165) is 21.2 Å². The summed E-state index contributed by atoms with van der Waals surface area (Å²) in [6.07, 6.45) is 3.34. The van der Waals surface area contributed by atoms with Gasteiger partial charge >= 0.3 is 0 Å². The highest BCUT2D eigenvalue weighted by Crippen LogP contribution is 2.27. The van der Waals surface area contributed by atoms with E-state index < -0.39 is 6.10 Å². The number of halogens is 2. The molecule has 1 atom stereocenters. The van der Waals surface area contributed by atoms with E-state index in [1.54, 1.807) is 12.4 Å². The van der Waals surface area contributed by atoms with Crippen molar-refractivity contribution in [3.63, 3.8) is 0 Å². The van der Waals surface area contributed by atoms with E-state index in [1.165, 1.54) is 0 Å². The molecular weight excluding hydrogens is 314 g/mol. The molecule has 1 aromatic heterocycles. The highest BCUT2D eigenvalue weighted by Gasteiger charge is 2.12. The van der Waals surface area contributed by atoms with Crippen molar-refractivity contribution >= 4 is 27.5 Å². The Labute approximate surface area is 120 Å². The fourth-order valence-electron chi connectivity index (χ4n) is 1.80. The molecule has 1 heterocycles. The summed E-state index contributed by atoms with van der Waals surface area (Å²) in [4.78, 5) is 4.08. The Morgan fingerprint density at radius 1 is 1.33 bits per heavy atom. The number of aliphatic hydroxyl groups is 1. The van der Waals surface area contributed by atoms with Crippen molar-refractivity contribution in [1.29, 1.82) is 0 Å². The van der Waals surface area contributed by atoms with Gasteiger partial charge in [0.15, 0.2) is 0 Å². The molecule has 0 saturated carbocycles. The molecular formula is C14H13BrClNO. The summed E-state index contributed by atoms with van der Waals surface area (Å²) in [6.45, 7) is 1.97. The second-order valence-electron chi connectivity index (χ2n) is 4.26. The standard InChI is InChI=1S/C14H13BrClNO/c1-9-2-3-12(13(16)4-9)14(18)6-10-5-11(15)8-17-7-10/h2-5,7-8,14,18H,6H2,1H3. The fraction of sp³-hybridized carbons (Fsp3) is 0.214. The van der Waals surface area contributed by atoms with Crippen LogP contribution in [0.15, 0.2) is 41.1 Å². The summed E-state index contributed by atoms with van der Waals surface area (Å²) in [5, 5.41) is 10.8. The number of hydrogen-bond donors (Lipinski definition) is 1. The van der Waals surface area contributed by atoms with E-state index in [2.05, 4.69) is 20.9 Å². The van der Waals surface area contributed by atoms with Crippen LogP contribution >= 0.6 is 27.5 Å². The normalized spacial score (nSPS) is 12.4. The van der Waals surface area contributed by atoms with E-state index in [1.807, 2.05) is 31.2 Å². The number of nitrogens with zero attached hydrogens (tertiary/aromatic N) is 1. The molecule has 1 unspecified atom stereocenters. The molecule has 0 aliphatic carbocycles. The van der Waals surface area contributed by atoms with Crippen LogP contribution in [0.3, 0.4) is 0 Å². The predicted molar refractivity (Wildman–Crippen MR) is 76.8 cm³/mol. The van der Waals surface area contributed by atoms with Crippen LogP contribution in [0.25, 0.3) is 0 Å². The van der Waals surface area contributed by atoms with Crippen molar-refractivity contribution in [3.8, 4) is 0 Å². The molecule has 1 N–H and O–H groups in total. The van der Waals surface area contributed by atoms with Gasteiger partial charge in [0.2, 0.25) is 0 Å². The number of aryl methyl sites for hydroxylation is 1. The molecule has 94 valence electrons. The number of aliphatic hydroxyl groups excluding tert-OH is 1. The Morgan fingerprint density at radius 3 is 2.78 bits per heavy atom. The Kier molecular flexibility index (Phi) is 4.38. The van der Waals surface area contributed by atoms with Crippen LogP contribution in [0, 0.1) is 6.92 Å². The Hall–Kier alpha value is -0.900. The van der Waals surface area contributed by atoms with Crippen LogP contribution in [0.2, 0.25) is 5.02 Å². The van der Waals surface area contributed by atoms with Crippen molar-refractivity contribution < 1.29 is 5.11 Å². The molecule has 0 amide bonds. The van der Waals surface area contributed by atoms with Gasteiger partial charge in [0.1, 0.15) is 0 Å². The van der Waals surface area contributed by atoms with Gasteiger partial charge in [0.05, 0.1) is 6.10 Å². The summed E-state index contributed by atoms with van der Waals surface area (Å²) >= 11 is 9.50. The summed E-state index contributed by atoms with van der Waals surface area (Å²) in [7, 11) is 0. The zero-order valence-electron chi connectivity index (χ0n) is 9.90. The molecule has 4 heteroatoms. The van der Waals surface area contributed by atoms with Gasteiger partial charge in [-0.2, -0.15) is 0 Å². The summed E-state index contributed by atoms with van der Waals surface area (Å²) in [5.41, 5.74) is 2.80. The molecule has 0 aliphatic heterocycles. The van der Waals surface area contributed by atoms with Gasteiger partial charge in [0.25, 0.3) is 0 Å². The summed E-state index contributed by atoms with van der Waals surface area (Å²) in [5.74, 6) is 0. The number of hydrogen-bond acceptors (Lipinski definition) is 2. The van der Waals surface area contributed by atoms with Gasteiger partial charge in [-0.1, -0.05) is 23.7 Å². The molecule has 0 fully saturated rings. The van der Waals surface area contributed by atoms with E-state index in [9.17, 15) is 5.11 Å². The molecule has 0 bridgehead atoms. The maximum atomic E-state index is 10.2. The molecule has 2 rings (SSSR count). The van der Waals surface area contributed by atoms with Crippen molar-refractivity contribution in [3.05, 3.63) is 62.8 Å². The molecule has 0 saturated heterocycles. The largest absolute Gasteiger partial charge is 0.388 e. The van der Waals surface area contributed by atoms with Crippen LogP contribution in [-0.2, 0) is 6.42 Å². The van der Waals surface area contributed by atoms with E-state index >= 15 is 0 Å². The smallest absolute Gasteiger partial charge is 0.0845 e. The second-order valence-corrected chi connectivity index (χ2v) is 5.58. The first-order valence-electron chi connectivity index (χ1n) is 5.60. The van der Waals surface area contributed by atoms with Crippen LogP contribution in [0.4, 0.5) is 0 Å². The molecule has 0 spiro atoms. The average molecular weight is 327 g/mol. The molecule has 0 radical (unpaired) electrons. The highest BCUT2D eigenvalue weighted by atomic mass is 79.9. The predicted octanol–water partition coefficient (Wildman–Crippen LogP) is 4.08. The lowest BCUT2D eigenvalue weighted by Gasteiger charge is -2.13. The third-order valence-corrected chi connectivity index (χ3v) is 3.47. The van der Waals surface area contributed by atoms with Crippen LogP contribution in [-0.4, -0.2) is 10.1 Å². The number of benzene rings is 1. The van der Waals surface area contributed by atoms with Crippen molar-refractivity contribution in [2.45, 2.75) is 19.4 Å². The van der Waals surface area contributed by atoms with Gasteiger partial charge in [-0.25, -0.2) is 0 Å². The van der Waals surface area contributed by atoms with E-state index in [4.69, 9.17) is 11.6 Å². The molecule has 2 nitrogen and oxygen atoms in total. The Bertz CT molecular complexity index is 559. The molecule has 18 heavy (non-hydrogen) atoms. The maximum absolute atomic E-state index is 10.2. The first-order chi connectivity index (χ1) is 8.56. The van der Waals surface area contributed by atoms with E-state index in [-0.39, 0.29) is 0 Å². The van der Waals surface area contributed by atoms with Crippen molar-refractivity contribution in [2.24, 2.45) is 0 Å². The van der Waals surface area contributed by atoms with Crippen LogP contribution < -0.4 is 0 Å². The van der Waals surface area contributed by atoms with E-state index in [0.29, 0.717) is 11.4 Å². The number of pyridine rings is 1. The minimum atomic E-state index is -0.616.